The van der Waals surface area contributed by atoms with Gasteiger partial charge in [0.2, 0.25) is 0 Å². The highest BCUT2D eigenvalue weighted by Crippen LogP contribution is 2.25. The number of halogens is 1. The van der Waals surface area contributed by atoms with Gasteiger partial charge in [-0.25, -0.2) is 9.98 Å². The van der Waals surface area contributed by atoms with Crippen molar-refractivity contribution in [3.05, 3.63) is 71.3 Å². The molecule has 0 aliphatic heterocycles. The van der Waals surface area contributed by atoms with Crippen LogP contribution in [-0.2, 0) is 20.1 Å². The molecule has 0 spiro atoms. The van der Waals surface area contributed by atoms with Gasteiger partial charge in [0, 0.05) is 18.6 Å². The summed E-state index contributed by atoms with van der Waals surface area (Å²) in [7, 11) is 1.87. The summed E-state index contributed by atoms with van der Waals surface area (Å²) < 4.78 is 1.74. The lowest BCUT2D eigenvalue weighted by Gasteiger charge is -2.12. The molecular formula is C20H23ClN6. The normalized spacial score (nSPS) is 11.4. The summed E-state index contributed by atoms with van der Waals surface area (Å²) >= 11 is 6.01. The van der Waals surface area contributed by atoms with Crippen LogP contribution in [0.25, 0.3) is 11.1 Å². The Balaban J connectivity index is 1.76. The van der Waals surface area contributed by atoms with Crippen LogP contribution in [0.2, 0.25) is 5.02 Å². The van der Waals surface area contributed by atoms with Gasteiger partial charge in [0.05, 0.1) is 13.1 Å². The Kier molecular flexibility index (Phi) is 6.44. The molecular weight excluding hydrogens is 360 g/mol. The van der Waals surface area contributed by atoms with E-state index in [4.69, 9.17) is 16.6 Å². The van der Waals surface area contributed by atoms with Crippen molar-refractivity contribution in [3.63, 3.8) is 0 Å². The molecule has 0 radical (unpaired) electrons. The molecule has 0 fully saturated rings. The Morgan fingerprint density at radius 2 is 1.89 bits per heavy atom. The van der Waals surface area contributed by atoms with Gasteiger partial charge in [-0.05, 0) is 35.7 Å². The van der Waals surface area contributed by atoms with E-state index in [0.717, 1.165) is 40.0 Å². The van der Waals surface area contributed by atoms with Crippen molar-refractivity contribution in [2.45, 2.75) is 20.0 Å². The smallest absolute Gasteiger partial charge is 0.191 e. The van der Waals surface area contributed by atoms with Gasteiger partial charge >= 0.3 is 0 Å². The van der Waals surface area contributed by atoms with E-state index in [-0.39, 0.29) is 0 Å². The number of hydrogen-bond acceptors (Lipinski definition) is 3. The quantitative estimate of drug-likeness (QED) is 0.506. The minimum absolute atomic E-state index is 0.557. The highest BCUT2D eigenvalue weighted by Gasteiger charge is 2.06. The molecule has 1 heterocycles. The molecule has 0 unspecified atom stereocenters. The van der Waals surface area contributed by atoms with Gasteiger partial charge in [-0.2, -0.15) is 5.10 Å². The van der Waals surface area contributed by atoms with Crippen LogP contribution in [-0.4, -0.2) is 27.3 Å². The third-order valence-corrected chi connectivity index (χ3v) is 4.40. The number of rotatable bonds is 6. The SMILES string of the molecule is CCNC(=NCc1ccccc1-c1ccc(Cl)cc1)NCc1ncnn1C. The summed E-state index contributed by atoms with van der Waals surface area (Å²) in [4.78, 5) is 8.95. The first kappa shape index (κ1) is 18.9. The predicted octanol–water partition coefficient (Wildman–Crippen LogP) is 3.39. The van der Waals surface area contributed by atoms with Crippen LogP contribution in [0.5, 0.6) is 0 Å². The summed E-state index contributed by atoms with van der Waals surface area (Å²) in [5.74, 6) is 1.59. The molecule has 140 valence electrons. The first-order valence-electron chi connectivity index (χ1n) is 8.86. The summed E-state index contributed by atoms with van der Waals surface area (Å²) in [6.45, 7) is 3.94. The Morgan fingerprint density at radius 3 is 2.59 bits per heavy atom. The van der Waals surface area contributed by atoms with E-state index in [1.807, 2.05) is 50.4 Å². The molecule has 0 amide bonds. The molecule has 3 rings (SSSR count). The van der Waals surface area contributed by atoms with Crippen LogP contribution in [0, 0.1) is 0 Å². The number of nitrogens with one attached hydrogen (secondary N) is 2. The number of benzene rings is 2. The fourth-order valence-corrected chi connectivity index (χ4v) is 2.84. The molecule has 0 saturated carbocycles. The minimum Gasteiger partial charge on any atom is -0.357 e. The van der Waals surface area contributed by atoms with E-state index in [0.29, 0.717) is 13.1 Å². The first-order valence-corrected chi connectivity index (χ1v) is 9.24. The Morgan fingerprint density at radius 1 is 1.11 bits per heavy atom. The number of nitrogens with zero attached hydrogens (tertiary/aromatic N) is 4. The van der Waals surface area contributed by atoms with Gasteiger partial charge in [0.1, 0.15) is 12.2 Å². The maximum atomic E-state index is 6.01. The molecule has 7 heteroatoms. The lowest BCUT2D eigenvalue weighted by atomic mass is 10.00. The first-order chi connectivity index (χ1) is 13.2. The van der Waals surface area contributed by atoms with Crippen LogP contribution < -0.4 is 10.6 Å². The topological polar surface area (TPSA) is 67.1 Å². The van der Waals surface area contributed by atoms with E-state index in [2.05, 4.69) is 32.8 Å². The van der Waals surface area contributed by atoms with Crippen molar-refractivity contribution < 1.29 is 0 Å². The second-order valence-corrected chi connectivity index (χ2v) is 6.45. The summed E-state index contributed by atoms with van der Waals surface area (Å²) in [5, 5.41) is 11.4. The van der Waals surface area contributed by atoms with Crippen LogP contribution in [0.1, 0.15) is 18.3 Å². The zero-order chi connectivity index (χ0) is 19.1. The van der Waals surface area contributed by atoms with Gasteiger partial charge < -0.3 is 10.6 Å². The monoisotopic (exact) mass is 382 g/mol. The van der Waals surface area contributed by atoms with Crippen molar-refractivity contribution in [1.82, 2.24) is 25.4 Å². The molecule has 6 nitrogen and oxygen atoms in total. The fourth-order valence-electron chi connectivity index (χ4n) is 2.72. The third-order valence-electron chi connectivity index (χ3n) is 4.14. The van der Waals surface area contributed by atoms with Crippen molar-refractivity contribution in [1.29, 1.82) is 0 Å². The van der Waals surface area contributed by atoms with E-state index in [1.165, 1.54) is 0 Å². The molecule has 0 saturated heterocycles. The standard InChI is InChI=1S/C20H23ClN6/c1-3-22-20(24-13-19-25-14-26-27(19)2)23-12-16-6-4-5-7-18(16)15-8-10-17(21)11-9-15/h4-11,14H,3,12-13H2,1-2H3,(H2,22,23,24). The number of aliphatic imine (C=N–C) groups is 1. The molecule has 0 bridgehead atoms. The van der Waals surface area contributed by atoms with Crippen LogP contribution >= 0.6 is 11.6 Å². The van der Waals surface area contributed by atoms with Crippen LogP contribution in [0.4, 0.5) is 0 Å². The average molecular weight is 383 g/mol. The molecule has 2 aromatic carbocycles. The second kappa shape index (κ2) is 9.19. The molecule has 2 N–H and O–H groups in total. The lowest BCUT2D eigenvalue weighted by Crippen LogP contribution is -2.37. The third kappa shape index (κ3) is 5.08. The Labute approximate surface area is 164 Å². The lowest BCUT2D eigenvalue weighted by molar-refractivity contribution is 0.673. The largest absolute Gasteiger partial charge is 0.357 e. The summed E-state index contributed by atoms with van der Waals surface area (Å²) in [6.07, 6.45) is 1.55. The zero-order valence-electron chi connectivity index (χ0n) is 15.5. The van der Waals surface area contributed by atoms with E-state index >= 15 is 0 Å². The Hall–Kier alpha value is -2.86. The number of aromatic nitrogens is 3. The van der Waals surface area contributed by atoms with Crippen molar-refractivity contribution >= 4 is 17.6 Å². The minimum atomic E-state index is 0.557. The average Bonchev–Trinajstić information content (AvgIpc) is 3.10. The second-order valence-electron chi connectivity index (χ2n) is 6.01. The van der Waals surface area contributed by atoms with E-state index in [1.54, 1.807) is 11.0 Å². The molecule has 0 aliphatic carbocycles. The van der Waals surface area contributed by atoms with Gasteiger partial charge in [-0.3, -0.25) is 4.68 Å². The molecule has 0 atom stereocenters. The van der Waals surface area contributed by atoms with E-state index in [9.17, 15) is 0 Å². The number of hydrogen-bond donors (Lipinski definition) is 2. The van der Waals surface area contributed by atoms with Crippen molar-refractivity contribution in [2.75, 3.05) is 6.54 Å². The van der Waals surface area contributed by atoms with Gasteiger partial charge in [0.15, 0.2) is 5.96 Å². The van der Waals surface area contributed by atoms with Gasteiger partial charge in [-0.1, -0.05) is 48.0 Å². The van der Waals surface area contributed by atoms with Crippen LogP contribution in [0.3, 0.4) is 0 Å². The predicted molar refractivity (Wildman–Crippen MR) is 110 cm³/mol. The van der Waals surface area contributed by atoms with Crippen molar-refractivity contribution in [3.8, 4) is 11.1 Å². The van der Waals surface area contributed by atoms with Crippen LogP contribution in [0.15, 0.2) is 59.9 Å². The zero-order valence-corrected chi connectivity index (χ0v) is 16.2. The number of guanidine groups is 1. The van der Waals surface area contributed by atoms with E-state index < -0.39 is 0 Å². The van der Waals surface area contributed by atoms with Crippen molar-refractivity contribution in [2.24, 2.45) is 12.0 Å². The number of aryl methyl sites for hydroxylation is 1. The highest BCUT2D eigenvalue weighted by atomic mass is 35.5. The highest BCUT2D eigenvalue weighted by molar-refractivity contribution is 6.30. The maximum absolute atomic E-state index is 6.01. The molecule has 0 aliphatic rings. The fraction of sp³-hybridized carbons (Fsp3) is 0.250. The molecule has 3 aromatic rings. The Bertz CT molecular complexity index is 901. The molecule has 27 heavy (non-hydrogen) atoms. The summed E-state index contributed by atoms with van der Waals surface area (Å²) in [6, 6.07) is 16.1. The van der Waals surface area contributed by atoms with Gasteiger partial charge in [-0.15, -0.1) is 0 Å². The van der Waals surface area contributed by atoms with Gasteiger partial charge in [0.25, 0.3) is 0 Å². The molecule has 1 aromatic heterocycles. The summed E-state index contributed by atoms with van der Waals surface area (Å²) in [5.41, 5.74) is 3.43. The maximum Gasteiger partial charge on any atom is 0.191 e.